The molecule has 0 aromatic carbocycles. The van der Waals surface area contributed by atoms with Crippen molar-refractivity contribution < 1.29 is 0 Å². The predicted molar refractivity (Wildman–Crippen MR) is 67.2 cm³/mol. The lowest BCUT2D eigenvalue weighted by Gasteiger charge is -2.42. The van der Waals surface area contributed by atoms with Crippen LogP contribution in [0.5, 0.6) is 0 Å². The molecule has 3 unspecified atom stereocenters. The Morgan fingerprint density at radius 1 is 1.33 bits per heavy atom. The van der Waals surface area contributed by atoms with E-state index in [0.717, 1.165) is 24.5 Å². The van der Waals surface area contributed by atoms with Gasteiger partial charge in [-0.2, -0.15) is 0 Å². The first kappa shape index (κ1) is 13.0. The Morgan fingerprint density at radius 2 is 2.07 bits per heavy atom. The van der Waals surface area contributed by atoms with Gasteiger partial charge in [0.2, 0.25) is 0 Å². The topological polar surface area (TPSA) is 15.3 Å². The second-order valence-electron chi connectivity index (χ2n) is 5.07. The number of likely N-dealkylation sites (N-methyl/N-ethyl adjacent to an activating group) is 1. The highest BCUT2D eigenvalue weighted by Gasteiger charge is 2.27. The van der Waals surface area contributed by atoms with Crippen LogP contribution in [0.1, 0.15) is 46.5 Å². The van der Waals surface area contributed by atoms with Crippen LogP contribution in [0.15, 0.2) is 0 Å². The molecule has 1 rings (SSSR count). The van der Waals surface area contributed by atoms with Gasteiger partial charge in [-0.25, -0.2) is 0 Å². The quantitative estimate of drug-likeness (QED) is 0.753. The summed E-state index contributed by atoms with van der Waals surface area (Å²) in [6.45, 7) is 9.55. The van der Waals surface area contributed by atoms with Gasteiger partial charge in [-0.1, -0.05) is 26.7 Å². The largest absolute Gasteiger partial charge is 0.318 e. The van der Waals surface area contributed by atoms with Crippen molar-refractivity contribution in [1.82, 2.24) is 10.2 Å². The van der Waals surface area contributed by atoms with Crippen molar-refractivity contribution in [1.29, 1.82) is 0 Å². The van der Waals surface area contributed by atoms with Crippen molar-refractivity contribution in [2.45, 2.75) is 58.5 Å². The van der Waals surface area contributed by atoms with Crippen molar-refractivity contribution in [3.8, 4) is 0 Å². The summed E-state index contributed by atoms with van der Waals surface area (Å²) < 4.78 is 0. The highest BCUT2D eigenvalue weighted by atomic mass is 15.2. The standard InChI is InChI=1S/C13H28N2/c1-5-11(2)12(3)15-9-7-6-8-13(15)10-14-4/h11-14H,5-10H2,1-4H3. The lowest BCUT2D eigenvalue weighted by Crippen LogP contribution is -2.50. The van der Waals surface area contributed by atoms with Crippen molar-refractivity contribution in [2.24, 2.45) is 5.92 Å². The van der Waals surface area contributed by atoms with Crippen LogP contribution in [0.3, 0.4) is 0 Å². The molecule has 1 saturated heterocycles. The minimum Gasteiger partial charge on any atom is -0.318 e. The van der Waals surface area contributed by atoms with Gasteiger partial charge < -0.3 is 5.32 Å². The van der Waals surface area contributed by atoms with Crippen LogP contribution < -0.4 is 5.32 Å². The molecule has 15 heavy (non-hydrogen) atoms. The van der Waals surface area contributed by atoms with Gasteiger partial charge in [0.05, 0.1) is 0 Å². The molecule has 0 amide bonds. The third-order valence-electron chi connectivity index (χ3n) is 4.10. The van der Waals surface area contributed by atoms with Crippen molar-refractivity contribution in [3.63, 3.8) is 0 Å². The van der Waals surface area contributed by atoms with Gasteiger partial charge in [0, 0.05) is 18.6 Å². The molecular formula is C13H28N2. The summed E-state index contributed by atoms with van der Waals surface area (Å²) in [5, 5.41) is 3.34. The highest BCUT2D eigenvalue weighted by Crippen LogP contribution is 2.23. The van der Waals surface area contributed by atoms with E-state index in [1.54, 1.807) is 0 Å². The summed E-state index contributed by atoms with van der Waals surface area (Å²) >= 11 is 0. The van der Waals surface area contributed by atoms with Gasteiger partial charge >= 0.3 is 0 Å². The summed E-state index contributed by atoms with van der Waals surface area (Å²) in [6, 6.07) is 1.52. The zero-order valence-corrected chi connectivity index (χ0v) is 10.9. The summed E-state index contributed by atoms with van der Waals surface area (Å²) in [7, 11) is 2.07. The average molecular weight is 212 g/mol. The molecule has 3 atom stereocenters. The number of piperidine rings is 1. The van der Waals surface area contributed by atoms with E-state index in [2.05, 4.69) is 38.0 Å². The van der Waals surface area contributed by atoms with Crippen LogP contribution >= 0.6 is 0 Å². The van der Waals surface area contributed by atoms with Gasteiger partial charge in [-0.15, -0.1) is 0 Å². The van der Waals surface area contributed by atoms with Crippen molar-refractivity contribution in [2.75, 3.05) is 20.1 Å². The first-order valence-electron chi connectivity index (χ1n) is 6.61. The fourth-order valence-corrected chi connectivity index (χ4v) is 2.68. The lowest BCUT2D eigenvalue weighted by molar-refractivity contribution is 0.0741. The smallest absolute Gasteiger partial charge is 0.0223 e. The van der Waals surface area contributed by atoms with Crippen LogP contribution in [-0.4, -0.2) is 37.1 Å². The minimum absolute atomic E-state index is 0.744. The monoisotopic (exact) mass is 212 g/mol. The molecule has 0 aromatic heterocycles. The third kappa shape index (κ3) is 3.46. The van der Waals surface area contributed by atoms with Gasteiger partial charge in [0.25, 0.3) is 0 Å². The van der Waals surface area contributed by atoms with Crippen LogP contribution in [0.2, 0.25) is 0 Å². The van der Waals surface area contributed by atoms with E-state index in [9.17, 15) is 0 Å². The molecule has 1 fully saturated rings. The van der Waals surface area contributed by atoms with Gasteiger partial charge in [0.1, 0.15) is 0 Å². The van der Waals surface area contributed by atoms with Gasteiger partial charge in [0.15, 0.2) is 0 Å². The van der Waals surface area contributed by atoms with Crippen LogP contribution in [0.25, 0.3) is 0 Å². The molecule has 0 bridgehead atoms. The zero-order valence-electron chi connectivity index (χ0n) is 10.9. The summed E-state index contributed by atoms with van der Waals surface area (Å²) in [4.78, 5) is 2.73. The van der Waals surface area contributed by atoms with E-state index in [0.29, 0.717) is 0 Å². The molecule has 1 N–H and O–H groups in total. The summed E-state index contributed by atoms with van der Waals surface area (Å²) in [5.74, 6) is 0.822. The SMILES string of the molecule is CCC(C)C(C)N1CCCCC1CNC. The van der Waals surface area contributed by atoms with E-state index < -0.39 is 0 Å². The van der Waals surface area contributed by atoms with E-state index in [4.69, 9.17) is 0 Å². The normalized spacial score (nSPS) is 27.6. The Kier molecular flexibility index (Phi) is 5.62. The molecule has 1 aliphatic rings. The number of likely N-dealkylation sites (tertiary alicyclic amines) is 1. The first-order valence-corrected chi connectivity index (χ1v) is 6.61. The maximum Gasteiger partial charge on any atom is 0.0223 e. The van der Waals surface area contributed by atoms with Crippen molar-refractivity contribution in [3.05, 3.63) is 0 Å². The Labute approximate surface area is 95.4 Å². The predicted octanol–water partition coefficient (Wildman–Crippen LogP) is 2.49. The highest BCUT2D eigenvalue weighted by molar-refractivity contribution is 4.83. The van der Waals surface area contributed by atoms with Crippen LogP contribution in [0, 0.1) is 5.92 Å². The number of hydrogen-bond acceptors (Lipinski definition) is 2. The number of nitrogens with one attached hydrogen (secondary N) is 1. The summed E-state index contributed by atoms with van der Waals surface area (Å²) in [5.41, 5.74) is 0. The molecule has 1 aliphatic heterocycles. The first-order chi connectivity index (χ1) is 7.20. The second kappa shape index (κ2) is 6.49. The molecular weight excluding hydrogens is 184 g/mol. The minimum atomic E-state index is 0.744. The molecule has 2 heteroatoms. The third-order valence-corrected chi connectivity index (χ3v) is 4.10. The van der Waals surface area contributed by atoms with Crippen LogP contribution in [-0.2, 0) is 0 Å². The molecule has 0 radical (unpaired) electrons. The zero-order chi connectivity index (χ0) is 11.3. The molecule has 0 aliphatic carbocycles. The molecule has 0 aromatic rings. The second-order valence-corrected chi connectivity index (χ2v) is 5.07. The van der Waals surface area contributed by atoms with E-state index in [1.165, 1.54) is 32.2 Å². The van der Waals surface area contributed by atoms with E-state index >= 15 is 0 Å². The van der Waals surface area contributed by atoms with E-state index in [-0.39, 0.29) is 0 Å². The van der Waals surface area contributed by atoms with Gasteiger partial charge in [-0.3, -0.25) is 4.90 Å². The number of hydrogen-bond donors (Lipinski definition) is 1. The fourth-order valence-electron chi connectivity index (χ4n) is 2.68. The Balaban J connectivity index is 2.54. The summed E-state index contributed by atoms with van der Waals surface area (Å²) in [6.07, 6.45) is 5.47. The molecule has 90 valence electrons. The number of nitrogens with zero attached hydrogens (tertiary/aromatic N) is 1. The fraction of sp³-hybridized carbons (Fsp3) is 1.00. The molecule has 0 saturated carbocycles. The maximum atomic E-state index is 3.34. The molecule has 2 nitrogen and oxygen atoms in total. The molecule has 1 heterocycles. The lowest BCUT2D eigenvalue weighted by atomic mass is 9.93. The maximum absolute atomic E-state index is 3.34. The van der Waals surface area contributed by atoms with E-state index in [1.807, 2.05) is 0 Å². The molecule has 0 spiro atoms. The Hall–Kier alpha value is -0.0800. The van der Waals surface area contributed by atoms with Gasteiger partial charge in [-0.05, 0) is 39.3 Å². The van der Waals surface area contributed by atoms with Crippen LogP contribution in [0.4, 0.5) is 0 Å². The number of rotatable bonds is 5. The Morgan fingerprint density at radius 3 is 2.67 bits per heavy atom. The van der Waals surface area contributed by atoms with Crippen molar-refractivity contribution >= 4 is 0 Å². The Bertz CT molecular complexity index is 166. The average Bonchev–Trinajstić information content (AvgIpc) is 2.28.